The van der Waals surface area contributed by atoms with Gasteiger partial charge in [0.15, 0.2) is 12.4 Å². The zero-order chi connectivity index (χ0) is 14.8. The van der Waals surface area contributed by atoms with Crippen molar-refractivity contribution in [3.8, 4) is 5.75 Å². The highest BCUT2D eigenvalue weighted by Crippen LogP contribution is 2.38. The van der Waals surface area contributed by atoms with Crippen LogP contribution >= 0.6 is 15.9 Å². The van der Waals surface area contributed by atoms with E-state index in [-0.39, 0.29) is 18.1 Å². The van der Waals surface area contributed by atoms with Gasteiger partial charge in [0.05, 0.1) is 0 Å². The van der Waals surface area contributed by atoms with Crippen molar-refractivity contribution in [3.05, 3.63) is 52.3 Å². The molecule has 0 amide bonds. The van der Waals surface area contributed by atoms with Crippen molar-refractivity contribution < 1.29 is 13.9 Å². The van der Waals surface area contributed by atoms with Crippen molar-refractivity contribution in [2.75, 3.05) is 6.61 Å². The van der Waals surface area contributed by atoms with Gasteiger partial charge in [0.25, 0.3) is 5.95 Å². The van der Waals surface area contributed by atoms with Gasteiger partial charge in [-0.2, -0.15) is 4.39 Å². The van der Waals surface area contributed by atoms with Crippen molar-refractivity contribution in [1.29, 1.82) is 0 Å². The molecule has 1 aliphatic carbocycles. The minimum absolute atomic E-state index is 0.0553. The van der Waals surface area contributed by atoms with E-state index < -0.39 is 5.95 Å². The van der Waals surface area contributed by atoms with E-state index in [0.717, 1.165) is 5.69 Å². The summed E-state index contributed by atoms with van der Waals surface area (Å²) >= 11 is 3.17. The molecule has 2 aromatic heterocycles. The minimum atomic E-state index is -0.742. The fourth-order valence-electron chi connectivity index (χ4n) is 1.92. The number of carbonyl (C=O) groups excluding carboxylic acids is 1. The number of rotatable bonds is 5. The SMILES string of the molecule is O=C(COc1cc(Br)cnc1F)c1ccc(C2CC2)nc1. The summed E-state index contributed by atoms with van der Waals surface area (Å²) in [5, 5.41) is 0. The van der Waals surface area contributed by atoms with Crippen LogP contribution in [0.25, 0.3) is 0 Å². The fourth-order valence-corrected chi connectivity index (χ4v) is 2.23. The van der Waals surface area contributed by atoms with E-state index in [2.05, 4.69) is 25.9 Å². The highest BCUT2D eigenvalue weighted by Gasteiger charge is 2.24. The topological polar surface area (TPSA) is 52.1 Å². The molecule has 0 aromatic carbocycles. The lowest BCUT2D eigenvalue weighted by atomic mass is 10.1. The van der Waals surface area contributed by atoms with E-state index in [0.29, 0.717) is 16.0 Å². The van der Waals surface area contributed by atoms with E-state index in [1.807, 2.05) is 6.07 Å². The Bertz CT molecular complexity index is 672. The molecule has 0 N–H and O–H groups in total. The number of aromatic nitrogens is 2. The van der Waals surface area contributed by atoms with Gasteiger partial charge >= 0.3 is 0 Å². The third kappa shape index (κ3) is 3.44. The summed E-state index contributed by atoms with van der Waals surface area (Å²) < 4.78 is 19.2. The smallest absolute Gasteiger partial charge is 0.255 e. The van der Waals surface area contributed by atoms with Gasteiger partial charge in [-0.15, -0.1) is 0 Å². The first kappa shape index (κ1) is 14.1. The highest BCUT2D eigenvalue weighted by atomic mass is 79.9. The van der Waals surface area contributed by atoms with Crippen LogP contribution in [0.2, 0.25) is 0 Å². The molecule has 2 heterocycles. The molecule has 0 aliphatic heterocycles. The summed E-state index contributed by atoms with van der Waals surface area (Å²) in [6.45, 7) is -0.250. The maximum atomic E-state index is 13.4. The van der Waals surface area contributed by atoms with E-state index in [1.165, 1.54) is 25.1 Å². The Morgan fingerprint density at radius 1 is 1.33 bits per heavy atom. The molecular formula is C15H12BrFN2O2. The molecule has 3 rings (SSSR count). The van der Waals surface area contributed by atoms with Crippen molar-refractivity contribution in [3.63, 3.8) is 0 Å². The van der Waals surface area contributed by atoms with Gasteiger partial charge in [0.2, 0.25) is 5.78 Å². The van der Waals surface area contributed by atoms with Crippen molar-refractivity contribution in [2.45, 2.75) is 18.8 Å². The van der Waals surface area contributed by atoms with Gasteiger partial charge in [0, 0.05) is 40.1 Å². The van der Waals surface area contributed by atoms with Crippen LogP contribution in [0.15, 0.2) is 35.1 Å². The fraction of sp³-hybridized carbons (Fsp3) is 0.267. The van der Waals surface area contributed by atoms with Crippen LogP contribution in [0.1, 0.15) is 34.8 Å². The first-order valence-corrected chi connectivity index (χ1v) is 7.36. The molecule has 0 bridgehead atoms. The van der Waals surface area contributed by atoms with Gasteiger partial charge in [-0.25, -0.2) is 4.98 Å². The van der Waals surface area contributed by atoms with Gasteiger partial charge in [-0.3, -0.25) is 9.78 Å². The van der Waals surface area contributed by atoms with Crippen molar-refractivity contribution >= 4 is 21.7 Å². The molecule has 0 unspecified atom stereocenters. The van der Waals surface area contributed by atoms with Crippen molar-refractivity contribution in [1.82, 2.24) is 9.97 Å². The van der Waals surface area contributed by atoms with Gasteiger partial charge in [0.1, 0.15) is 0 Å². The highest BCUT2D eigenvalue weighted by molar-refractivity contribution is 9.10. The Balaban J connectivity index is 1.64. The number of nitrogens with zero attached hydrogens (tertiary/aromatic N) is 2. The molecule has 0 saturated heterocycles. The van der Waals surface area contributed by atoms with Crippen LogP contribution in [0.3, 0.4) is 0 Å². The first-order chi connectivity index (χ1) is 10.1. The normalized spacial score (nSPS) is 14.0. The molecule has 0 radical (unpaired) electrons. The number of pyridine rings is 2. The molecule has 1 aliphatic rings. The number of Topliss-reactive ketones (excluding diaryl/α,β-unsaturated/α-hetero) is 1. The van der Waals surface area contributed by atoms with Crippen LogP contribution in [-0.2, 0) is 0 Å². The predicted molar refractivity (Wildman–Crippen MR) is 77.9 cm³/mol. The Morgan fingerprint density at radius 3 is 2.81 bits per heavy atom. The Kier molecular flexibility index (Phi) is 3.96. The third-order valence-electron chi connectivity index (χ3n) is 3.24. The molecule has 21 heavy (non-hydrogen) atoms. The predicted octanol–water partition coefficient (Wildman–Crippen LogP) is 3.52. The number of ether oxygens (including phenoxy) is 1. The van der Waals surface area contributed by atoms with Crippen LogP contribution in [-0.4, -0.2) is 22.4 Å². The summed E-state index contributed by atoms with van der Waals surface area (Å²) in [5.41, 5.74) is 1.48. The maximum Gasteiger partial charge on any atom is 0.255 e. The standard InChI is InChI=1S/C15H12BrFN2O2/c16-11-5-14(15(17)19-7-11)21-8-13(20)10-3-4-12(18-6-10)9-1-2-9/h3-7,9H,1-2,8H2. The number of hydrogen-bond acceptors (Lipinski definition) is 4. The monoisotopic (exact) mass is 350 g/mol. The summed E-state index contributed by atoms with van der Waals surface area (Å²) in [6, 6.07) is 5.04. The Labute approximate surface area is 129 Å². The Hall–Kier alpha value is -1.82. The van der Waals surface area contributed by atoms with Crippen LogP contribution in [0.5, 0.6) is 5.75 Å². The molecule has 1 fully saturated rings. The lowest BCUT2D eigenvalue weighted by Gasteiger charge is -2.06. The molecule has 0 atom stereocenters. The van der Waals surface area contributed by atoms with Crippen LogP contribution < -0.4 is 4.74 Å². The average Bonchev–Trinajstić information content (AvgIpc) is 3.33. The average molecular weight is 351 g/mol. The zero-order valence-electron chi connectivity index (χ0n) is 11.1. The number of halogens is 2. The maximum absolute atomic E-state index is 13.4. The molecular weight excluding hydrogens is 339 g/mol. The molecule has 2 aromatic rings. The number of ketones is 1. The number of hydrogen-bond donors (Lipinski definition) is 0. The lowest BCUT2D eigenvalue weighted by molar-refractivity contribution is 0.0917. The summed E-state index contributed by atoms with van der Waals surface area (Å²) in [4.78, 5) is 19.8. The molecule has 0 spiro atoms. The largest absolute Gasteiger partial charge is 0.481 e. The third-order valence-corrected chi connectivity index (χ3v) is 3.67. The molecule has 4 nitrogen and oxygen atoms in total. The van der Waals surface area contributed by atoms with Gasteiger partial charge < -0.3 is 4.74 Å². The molecule has 108 valence electrons. The Morgan fingerprint density at radius 2 is 2.14 bits per heavy atom. The molecule has 1 saturated carbocycles. The van der Waals surface area contributed by atoms with E-state index >= 15 is 0 Å². The number of carbonyl (C=O) groups is 1. The van der Waals surface area contributed by atoms with Gasteiger partial charge in [-0.1, -0.05) is 0 Å². The van der Waals surface area contributed by atoms with Gasteiger partial charge in [-0.05, 0) is 40.9 Å². The van der Waals surface area contributed by atoms with Crippen molar-refractivity contribution in [2.24, 2.45) is 0 Å². The minimum Gasteiger partial charge on any atom is -0.481 e. The second-order valence-electron chi connectivity index (χ2n) is 4.90. The molecule has 6 heteroatoms. The quantitative estimate of drug-likeness (QED) is 0.611. The second-order valence-corrected chi connectivity index (χ2v) is 5.82. The van der Waals surface area contributed by atoms with E-state index in [1.54, 1.807) is 12.3 Å². The summed E-state index contributed by atoms with van der Waals surface area (Å²) in [6.07, 6.45) is 5.20. The van der Waals surface area contributed by atoms with E-state index in [4.69, 9.17) is 4.74 Å². The van der Waals surface area contributed by atoms with Crippen LogP contribution in [0, 0.1) is 5.95 Å². The first-order valence-electron chi connectivity index (χ1n) is 6.56. The lowest BCUT2D eigenvalue weighted by Crippen LogP contribution is -2.13. The summed E-state index contributed by atoms with van der Waals surface area (Å²) in [7, 11) is 0. The van der Waals surface area contributed by atoms with Crippen LogP contribution in [0.4, 0.5) is 4.39 Å². The summed E-state index contributed by atoms with van der Waals surface area (Å²) in [5.74, 6) is -0.495. The van der Waals surface area contributed by atoms with E-state index in [9.17, 15) is 9.18 Å². The second kappa shape index (κ2) is 5.89. The zero-order valence-corrected chi connectivity index (χ0v) is 12.6.